The zero-order chi connectivity index (χ0) is 22.2. The van der Waals surface area contributed by atoms with Gasteiger partial charge in [-0.3, -0.25) is 10.3 Å². The van der Waals surface area contributed by atoms with Crippen molar-refractivity contribution in [1.29, 1.82) is 0 Å². The Balaban J connectivity index is 1.47. The lowest BCUT2D eigenvalue weighted by Gasteiger charge is -2.31. The van der Waals surface area contributed by atoms with Gasteiger partial charge >= 0.3 is 0 Å². The predicted octanol–water partition coefficient (Wildman–Crippen LogP) is 2.44. The highest BCUT2D eigenvalue weighted by molar-refractivity contribution is 5.80. The second-order valence-corrected chi connectivity index (χ2v) is 8.33. The molecule has 2 saturated heterocycles. The third-order valence-corrected chi connectivity index (χ3v) is 5.85. The lowest BCUT2D eigenvalue weighted by Crippen LogP contribution is -2.41. The van der Waals surface area contributed by atoms with Gasteiger partial charge in [-0.1, -0.05) is 29.8 Å². The summed E-state index contributed by atoms with van der Waals surface area (Å²) in [4.78, 5) is 11.8. The molecule has 8 nitrogen and oxygen atoms in total. The maximum atomic E-state index is 5.54. The first kappa shape index (κ1) is 22.5. The van der Waals surface area contributed by atoms with Gasteiger partial charge in [0.25, 0.3) is 0 Å². The van der Waals surface area contributed by atoms with E-state index < -0.39 is 0 Å². The summed E-state index contributed by atoms with van der Waals surface area (Å²) in [6.07, 6.45) is 1.83. The largest absolute Gasteiger partial charge is 0.379 e. The Kier molecular flexibility index (Phi) is 7.92. The Morgan fingerprint density at radius 3 is 2.56 bits per heavy atom. The zero-order valence-electron chi connectivity index (χ0n) is 19.2. The van der Waals surface area contributed by atoms with E-state index in [1.807, 2.05) is 18.3 Å². The van der Waals surface area contributed by atoms with Gasteiger partial charge in [0.15, 0.2) is 5.82 Å². The number of benzene rings is 1. The number of likely N-dealkylation sites (N-methyl/N-ethyl adjacent to an activating group) is 1. The topological polar surface area (TPSA) is 65.5 Å². The van der Waals surface area contributed by atoms with Gasteiger partial charge in [-0.15, -0.1) is 0 Å². The molecule has 0 spiro atoms. The van der Waals surface area contributed by atoms with Crippen LogP contribution in [0.5, 0.6) is 0 Å². The van der Waals surface area contributed by atoms with Crippen molar-refractivity contribution in [3.05, 3.63) is 47.5 Å². The third-order valence-electron chi connectivity index (χ3n) is 5.85. The van der Waals surface area contributed by atoms with Crippen LogP contribution in [0.3, 0.4) is 0 Å². The number of hydrogen-bond donors (Lipinski definition) is 1. The van der Waals surface area contributed by atoms with Crippen molar-refractivity contribution in [2.24, 2.45) is 5.10 Å². The molecule has 2 aromatic rings. The van der Waals surface area contributed by atoms with E-state index in [9.17, 15) is 0 Å². The molecule has 0 radical (unpaired) electrons. The van der Waals surface area contributed by atoms with Gasteiger partial charge in [0, 0.05) is 64.1 Å². The third kappa shape index (κ3) is 6.41. The predicted molar refractivity (Wildman–Crippen MR) is 130 cm³/mol. The summed E-state index contributed by atoms with van der Waals surface area (Å²) in [5.74, 6) is 1.68. The minimum Gasteiger partial charge on any atom is -0.379 e. The highest BCUT2D eigenvalue weighted by atomic mass is 16.5. The normalized spacial score (nSPS) is 17.6. The van der Waals surface area contributed by atoms with Crippen molar-refractivity contribution in [3.63, 3.8) is 0 Å². The molecule has 2 fully saturated rings. The molecule has 0 saturated carbocycles. The molecule has 8 heteroatoms. The number of nitrogens with zero attached hydrogens (tertiary/aromatic N) is 5. The molecule has 2 aliphatic heterocycles. The molecule has 0 atom stereocenters. The molecule has 172 valence electrons. The van der Waals surface area contributed by atoms with Crippen molar-refractivity contribution >= 4 is 23.5 Å². The number of aromatic nitrogens is 1. The minimum atomic E-state index is 0.742. The summed E-state index contributed by atoms with van der Waals surface area (Å²) in [5, 5.41) is 4.44. The van der Waals surface area contributed by atoms with Crippen LogP contribution in [0.1, 0.15) is 11.1 Å². The maximum absolute atomic E-state index is 5.54. The number of morpholine rings is 2. The molecule has 0 unspecified atom stereocenters. The van der Waals surface area contributed by atoms with E-state index in [1.54, 1.807) is 0 Å². The van der Waals surface area contributed by atoms with Crippen LogP contribution in [0.25, 0.3) is 0 Å². The first-order valence-electron chi connectivity index (χ1n) is 11.4. The van der Waals surface area contributed by atoms with Crippen LogP contribution < -0.4 is 15.2 Å². The van der Waals surface area contributed by atoms with E-state index in [-0.39, 0.29) is 0 Å². The Morgan fingerprint density at radius 1 is 1.06 bits per heavy atom. The first-order valence-corrected chi connectivity index (χ1v) is 11.4. The molecular weight excluding hydrogens is 404 g/mol. The van der Waals surface area contributed by atoms with Gasteiger partial charge < -0.3 is 19.3 Å². The van der Waals surface area contributed by atoms with Crippen LogP contribution in [-0.4, -0.2) is 88.8 Å². The smallest absolute Gasteiger partial charge is 0.150 e. The molecule has 32 heavy (non-hydrogen) atoms. The van der Waals surface area contributed by atoms with E-state index in [1.165, 1.54) is 5.56 Å². The Bertz CT molecular complexity index is 894. The second-order valence-electron chi connectivity index (χ2n) is 8.33. The summed E-state index contributed by atoms with van der Waals surface area (Å²) in [6, 6.07) is 12.5. The summed E-state index contributed by atoms with van der Waals surface area (Å²) in [5.41, 5.74) is 6.56. The van der Waals surface area contributed by atoms with Crippen LogP contribution in [0, 0.1) is 6.92 Å². The van der Waals surface area contributed by atoms with Gasteiger partial charge in [0.1, 0.15) is 5.82 Å². The van der Waals surface area contributed by atoms with E-state index in [0.29, 0.717) is 0 Å². The molecule has 1 aromatic carbocycles. The van der Waals surface area contributed by atoms with E-state index in [4.69, 9.17) is 14.5 Å². The maximum Gasteiger partial charge on any atom is 0.150 e. The van der Waals surface area contributed by atoms with E-state index in [0.717, 1.165) is 88.6 Å². The van der Waals surface area contributed by atoms with Crippen molar-refractivity contribution in [2.75, 3.05) is 88.0 Å². The number of nitrogens with one attached hydrogen (secondary N) is 1. The van der Waals surface area contributed by atoms with E-state index in [2.05, 4.69) is 63.5 Å². The summed E-state index contributed by atoms with van der Waals surface area (Å²) in [6.45, 7) is 10.9. The van der Waals surface area contributed by atoms with Gasteiger partial charge in [0.05, 0.1) is 32.6 Å². The van der Waals surface area contributed by atoms with Gasteiger partial charge in [-0.05, 0) is 12.5 Å². The first-order chi connectivity index (χ1) is 15.7. The van der Waals surface area contributed by atoms with Gasteiger partial charge in [-0.2, -0.15) is 5.10 Å². The van der Waals surface area contributed by atoms with Crippen LogP contribution in [0.15, 0.2) is 41.5 Å². The number of anilines is 3. The molecular formula is C24H34N6O2. The lowest BCUT2D eigenvalue weighted by molar-refractivity contribution is 0.0393. The zero-order valence-corrected chi connectivity index (χ0v) is 19.2. The molecule has 0 amide bonds. The highest BCUT2D eigenvalue weighted by Crippen LogP contribution is 2.25. The Hall–Kier alpha value is -2.68. The molecule has 1 aromatic heterocycles. The van der Waals surface area contributed by atoms with Crippen LogP contribution >= 0.6 is 0 Å². The summed E-state index contributed by atoms with van der Waals surface area (Å²) >= 11 is 0. The van der Waals surface area contributed by atoms with Crippen molar-refractivity contribution in [2.45, 2.75) is 6.92 Å². The molecule has 1 N–H and O–H groups in total. The monoisotopic (exact) mass is 438 g/mol. The SMILES string of the molecule is Cc1cccc(C=NNc2cc(N3CCOCC3)cc(N(C)CCN3CCOCC3)n2)c1. The lowest BCUT2D eigenvalue weighted by atomic mass is 10.2. The van der Waals surface area contributed by atoms with Crippen molar-refractivity contribution in [1.82, 2.24) is 9.88 Å². The molecule has 2 aliphatic rings. The fraction of sp³-hybridized carbons (Fsp3) is 0.500. The number of hydrogen-bond acceptors (Lipinski definition) is 8. The number of ether oxygens (including phenoxy) is 2. The molecule has 3 heterocycles. The fourth-order valence-electron chi connectivity index (χ4n) is 3.91. The minimum absolute atomic E-state index is 0.742. The van der Waals surface area contributed by atoms with Crippen LogP contribution in [0.4, 0.5) is 17.3 Å². The Labute approximate surface area is 190 Å². The van der Waals surface area contributed by atoms with Gasteiger partial charge in [0.2, 0.25) is 0 Å². The molecule has 0 bridgehead atoms. The average molecular weight is 439 g/mol. The van der Waals surface area contributed by atoms with Crippen LogP contribution in [-0.2, 0) is 9.47 Å². The standard InChI is InChI=1S/C24H34N6O2/c1-20-4-3-5-21(16-20)19-25-27-23-17-22(30-10-14-32-15-11-30)18-24(26-23)28(2)6-7-29-8-12-31-13-9-29/h3-5,16-19H,6-15H2,1-2H3,(H,26,27). The summed E-state index contributed by atoms with van der Waals surface area (Å²) < 4.78 is 11.0. The number of aryl methyl sites for hydroxylation is 1. The fourth-order valence-corrected chi connectivity index (χ4v) is 3.91. The molecule has 4 rings (SSSR count). The highest BCUT2D eigenvalue weighted by Gasteiger charge is 2.16. The Morgan fingerprint density at radius 2 is 1.81 bits per heavy atom. The number of hydrazone groups is 1. The number of pyridine rings is 1. The second kappa shape index (κ2) is 11.3. The van der Waals surface area contributed by atoms with E-state index >= 15 is 0 Å². The van der Waals surface area contributed by atoms with Crippen molar-refractivity contribution in [3.8, 4) is 0 Å². The molecule has 0 aliphatic carbocycles. The average Bonchev–Trinajstić information content (AvgIpc) is 2.83. The quantitative estimate of drug-likeness (QED) is 0.502. The van der Waals surface area contributed by atoms with Crippen LogP contribution in [0.2, 0.25) is 0 Å². The van der Waals surface area contributed by atoms with Gasteiger partial charge in [-0.25, -0.2) is 4.98 Å². The number of rotatable bonds is 8. The summed E-state index contributed by atoms with van der Waals surface area (Å²) in [7, 11) is 2.10. The van der Waals surface area contributed by atoms with Crippen molar-refractivity contribution < 1.29 is 9.47 Å².